The fraction of sp³-hybridized carbons (Fsp3) is 0.455. The van der Waals surface area contributed by atoms with E-state index in [1.54, 1.807) is 23.1 Å². The number of thiophene rings is 1. The first-order chi connectivity index (χ1) is 7.24. The summed E-state index contributed by atoms with van der Waals surface area (Å²) < 4.78 is 0.848. The molecule has 0 aromatic carbocycles. The highest BCUT2D eigenvalue weighted by molar-refractivity contribution is 7.99. The minimum Gasteiger partial charge on any atom is -0.309 e. The lowest BCUT2D eigenvalue weighted by atomic mass is 10.2. The lowest BCUT2D eigenvalue weighted by Gasteiger charge is -2.11. The molecule has 1 aromatic heterocycles. The Morgan fingerprint density at radius 3 is 3.13 bits per heavy atom. The highest BCUT2D eigenvalue weighted by atomic mass is 35.5. The Labute approximate surface area is 105 Å². The molecule has 15 heavy (non-hydrogen) atoms. The summed E-state index contributed by atoms with van der Waals surface area (Å²) in [6, 6.07) is 2.37. The van der Waals surface area contributed by atoms with Gasteiger partial charge in [0.15, 0.2) is 0 Å². The van der Waals surface area contributed by atoms with Crippen LogP contribution in [0.15, 0.2) is 11.4 Å². The second-order valence-electron chi connectivity index (χ2n) is 3.12. The average molecular weight is 260 g/mol. The van der Waals surface area contributed by atoms with Gasteiger partial charge in [0.2, 0.25) is 0 Å². The average Bonchev–Trinajstić information content (AvgIpc) is 2.64. The summed E-state index contributed by atoms with van der Waals surface area (Å²) in [5.74, 6) is 4.45. The molecule has 0 fully saturated rings. The fourth-order valence-corrected chi connectivity index (χ4v) is 2.66. The SMILES string of the molecule is C#CCSCCNC(C)c1csc(Cl)c1. The molecule has 0 aliphatic heterocycles. The molecule has 0 spiro atoms. The van der Waals surface area contributed by atoms with Crippen molar-refractivity contribution in [2.24, 2.45) is 0 Å². The molecule has 1 N–H and O–H groups in total. The first-order valence-corrected chi connectivity index (χ1v) is 7.13. The number of nitrogens with one attached hydrogen (secondary N) is 1. The summed E-state index contributed by atoms with van der Waals surface area (Å²) in [5, 5.41) is 5.52. The Morgan fingerprint density at radius 2 is 2.53 bits per heavy atom. The zero-order valence-corrected chi connectivity index (χ0v) is 11.0. The molecule has 0 saturated carbocycles. The van der Waals surface area contributed by atoms with E-state index in [4.69, 9.17) is 18.0 Å². The molecular formula is C11H14ClNS2. The Morgan fingerprint density at radius 1 is 1.73 bits per heavy atom. The first kappa shape index (κ1) is 12.9. The van der Waals surface area contributed by atoms with Gasteiger partial charge in [-0.3, -0.25) is 0 Å². The molecule has 1 atom stereocenters. The molecule has 1 rings (SSSR count). The Kier molecular flexibility index (Phi) is 6.19. The van der Waals surface area contributed by atoms with E-state index in [-0.39, 0.29) is 0 Å². The van der Waals surface area contributed by atoms with Crippen LogP contribution in [0, 0.1) is 12.3 Å². The van der Waals surface area contributed by atoms with Gasteiger partial charge < -0.3 is 5.32 Å². The van der Waals surface area contributed by atoms with Gasteiger partial charge in [-0.2, -0.15) is 0 Å². The van der Waals surface area contributed by atoms with Crippen LogP contribution in [-0.4, -0.2) is 18.1 Å². The van der Waals surface area contributed by atoms with Crippen molar-refractivity contribution in [1.82, 2.24) is 5.32 Å². The van der Waals surface area contributed by atoms with Crippen molar-refractivity contribution in [3.05, 3.63) is 21.3 Å². The van der Waals surface area contributed by atoms with Crippen LogP contribution in [0.1, 0.15) is 18.5 Å². The van der Waals surface area contributed by atoms with Gasteiger partial charge in [-0.15, -0.1) is 29.5 Å². The second-order valence-corrected chi connectivity index (χ2v) is 5.76. The molecule has 82 valence electrons. The van der Waals surface area contributed by atoms with Crippen molar-refractivity contribution in [3.8, 4) is 12.3 Å². The molecule has 0 saturated heterocycles. The minimum atomic E-state index is 0.361. The summed E-state index contributed by atoms with van der Waals surface area (Å²) in [4.78, 5) is 0. The molecule has 1 heterocycles. The lowest BCUT2D eigenvalue weighted by Crippen LogP contribution is -2.20. The molecule has 0 radical (unpaired) electrons. The van der Waals surface area contributed by atoms with E-state index >= 15 is 0 Å². The van der Waals surface area contributed by atoms with Crippen LogP contribution >= 0.6 is 34.7 Å². The standard InChI is InChI=1S/C11H14ClNS2/c1-3-5-14-6-4-13-9(2)10-7-11(12)15-8-10/h1,7-9,13H,4-6H2,2H3. The van der Waals surface area contributed by atoms with Gasteiger partial charge in [0, 0.05) is 18.3 Å². The number of hydrogen-bond acceptors (Lipinski definition) is 3. The summed E-state index contributed by atoms with van der Waals surface area (Å²) in [7, 11) is 0. The van der Waals surface area contributed by atoms with Crippen LogP contribution < -0.4 is 5.32 Å². The zero-order chi connectivity index (χ0) is 11.1. The van der Waals surface area contributed by atoms with Gasteiger partial charge in [0.05, 0.1) is 10.1 Å². The summed E-state index contributed by atoms with van der Waals surface area (Å²) in [6.07, 6.45) is 5.16. The molecule has 1 nitrogen and oxygen atoms in total. The second kappa shape index (κ2) is 7.19. The van der Waals surface area contributed by atoms with Gasteiger partial charge in [-0.1, -0.05) is 17.5 Å². The molecule has 0 aliphatic carbocycles. The molecule has 4 heteroatoms. The van der Waals surface area contributed by atoms with Crippen LogP contribution in [0.4, 0.5) is 0 Å². The monoisotopic (exact) mass is 259 g/mol. The molecule has 0 aliphatic rings. The van der Waals surface area contributed by atoms with Crippen LogP contribution in [0.5, 0.6) is 0 Å². The van der Waals surface area contributed by atoms with Crippen molar-refractivity contribution in [1.29, 1.82) is 0 Å². The smallest absolute Gasteiger partial charge is 0.0931 e. The maximum Gasteiger partial charge on any atom is 0.0931 e. The van der Waals surface area contributed by atoms with Crippen molar-refractivity contribution < 1.29 is 0 Å². The lowest BCUT2D eigenvalue weighted by molar-refractivity contribution is 0.603. The van der Waals surface area contributed by atoms with E-state index < -0.39 is 0 Å². The quantitative estimate of drug-likeness (QED) is 0.621. The molecule has 1 unspecified atom stereocenters. The predicted octanol–water partition coefficient (Wildman–Crippen LogP) is 3.42. The predicted molar refractivity (Wildman–Crippen MR) is 71.9 cm³/mol. The highest BCUT2D eigenvalue weighted by Crippen LogP contribution is 2.24. The Balaban J connectivity index is 2.19. The van der Waals surface area contributed by atoms with Gasteiger partial charge in [-0.05, 0) is 23.9 Å². The maximum absolute atomic E-state index is 5.87. The van der Waals surface area contributed by atoms with E-state index in [1.807, 2.05) is 6.07 Å². The van der Waals surface area contributed by atoms with Crippen molar-refractivity contribution >= 4 is 34.7 Å². The van der Waals surface area contributed by atoms with E-state index in [1.165, 1.54) is 5.56 Å². The van der Waals surface area contributed by atoms with Crippen LogP contribution in [0.2, 0.25) is 4.34 Å². The van der Waals surface area contributed by atoms with Gasteiger partial charge >= 0.3 is 0 Å². The van der Waals surface area contributed by atoms with Crippen LogP contribution in [0.25, 0.3) is 0 Å². The van der Waals surface area contributed by atoms with Gasteiger partial charge in [-0.25, -0.2) is 0 Å². The topological polar surface area (TPSA) is 12.0 Å². The number of hydrogen-bond donors (Lipinski definition) is 1. The third kappa shape index (κ3) is 4.94. The van der Waals surface area contributed by atoms with Crippen molar-refractivity contribution in [2.75, 3.05) is 18.1 Å². The molecule has 1 aromatic rings. The van der Waals surface area contributed by atoms with E-state index in [9.17, 15) is 0 Å². The van der Waals surface area contributed by atoms with Crippen LogP contribution in [0.3, 0.4) is 0 Å². The highest BCUT2D eigenvalue weighted by Gasteiger charge is 2.06. The number of halogens is 1. The Bertz CT molecular complexity index is 330. The van der Waals surface area contributed by atoms with E-state index in [0.29, 0.717) is 6.04 Å². The Hall–Kier alpha value is -0.140. The molecule has 0 amide bonds. The number of rotatable bonds is 6. The fourth-order valence-electron chi connectivity index (χ4n) is 1.15. The largest absolute Gasteiger partial charge is 0.309 e. The first-order valence-electron chi connectivity index (χ1n) is 4.72. The van der Waals surface area contributed by atoms with Crippen molar-refractivity contribution in [3.63, 3.8) is 0 Å². The molecular weight excluding hydrogens is 246 g/mol. The number of terminal acetylenes is 1. The minimum absolute atomic E-state index is 0.361. The third-order valence-corrected chi connectivity index (χ3v) is 3.94. The summed E-state index contributed by atoms with van der Waals surface area (Å²) >= 11 is 9.22. The zero-order valence-electron chi connectivity index (χ0n) is 8.63. The number of thioether (sulfide) groups is 1. The molecule has 0 bridgehead atoms. The van der Waals surface area contributed by atoms with Gasteiger partial charge in [0.25, 0.3) is 0 Å². The normalized spacial score (nSPS) is 12.3. The third-order valence-electron chi connectivity index (χ3n) is 1.97. The van der Waals surface area contributed by atoms with Gasteiger partial charge in [0.1, 0.15) is 0 Å². The van der Waals surface area contributed by atoms with Crippen molar-refractivity contribution in [2.45, 2.75) is 13.0 Å². The van der Waals surface area contributed by atoms with E-state index in [2.05, 4.69) is 23.5 Å². The summed E-state index contributed by atoms with van der Waals surface area (Å²) in [5.41, 5.74) is 1.26. The van der Waals surface area contributed by atoms with E-state index in [0.717, 1.165) is 22.4 Å². The van der Waals surface area contributed by atoms with Crippen LogP contribution in [-0.2, 0) is 0 Å². The maximum atomic E-state index is 5.87. The summed E-state index contributed by atoms with van der Waals surface area (Å²) in [6.45, 7) is 3.12.